The number of nitrogens with zero attached hydrogens (tertiary/aromatic N) is 2. The van der Waals surface area contributed by atoms with Gasteiger partial charge < -0.3 is 20.3 Å². The first-order chi connectivity index (χ1) is 10.8. The van der Waals surface area contributed by atoms with Crippen molar-refractivity contribution in [3.05, 3.63) is 11.7 Å². The molecule has 0 aliphatic rings. The van der Waals surface area contributed by atoms with Crippen LogP contribution in [0.1, 0.15) is 38.4 Å². The van der Waals surface area contributed by atoms with Gasteiger partial charge in [-0.2, -0.15) is 4.98 Å². The summed E-state index contributed by atoms with van der Waals surface area (Å²) in [5.74, 6) is -1.02. The number of hydrogen-bond donors (Lipinski definition) is 3. The van der Waals surface area contributed by atoms with Gasteiger partial charge >= 0.3 is 5.97 Å². The minimum absolute atomic E-state index is 0.100. The second-order valence-corrected chi connectivity index (χ2v) is 5.60. The monoisotopic (exact) mass is 326 g/mol. The summed E-state index contributed by atoms with van der Waals surface area (Å²) in [5, 5.41) is 17.4. The highest BCUT2D eigenvalue weighted by molar-refractivity contribution is 5.87. The van der Waals surface area contributed by atoms with E-state index in [-0.39, 0.29) is 31.2 Å². The molecule has 0 aromatic carbocycles. The van der Waals surface area contributed by atoms with Crippen molar-refractivity contribution >= 4 is 17.8 Å². The Morgan fingerprint density at radius 2 is 1.96 bits per heavy atom. The molecule has 3 N–H and O–H groups in total. The average Bonchev–Trinajstić information content (AvgIpc) is 2.87. The molecule has 9 nitrogen and oxygen atoms in total. The molecule has 1 atom stereocenters. The summed E-state index contributed by atoms with van der Waals surface area (Å²) < 4.78 is 4.87. The van der Waals surface area contributed by atoms with E-state index in [2.05, 4.69) is 20.8 Å². The number of carbonyl (C=O) groups is 3. The standard InChI is InChI=1S/C14H22N4O5/c1-8(2)6-10(14(21)22)17-12(20)7-15-11(19)4-5-13-16-9(3)18-23-13/h8,10H,4-7H2,1-3H3,(H,15,19)(H,17,20)(H,21,22)/t10-/m0/s1. The van der Waals surface area contributed by atoms with E-state index in [1.165, 1.54) is 0 Å². The molecule has 0 saturated carbocycles. The van der Waals surface area contributed by atoms with Crippen LogP contribution < -0.4 is 10.6 Å². The lowest BCUT2D eigenvalue weighted by molar-refractivity contribution is -0.142. The number of nitrogens with one attached hydrogen (secondary N) is 2. The Morgan fingerprint density at radius 1 is 1.26 bits per heavy atom. The van der Waals surface area contributed by atoms with Crippen LogP contribution in [-0.2, 0) is 20.8 Å². The molecule has 128 valence electrons. The minimum atomic E-state index is -1.09. The summed E-state index contributed by atoms with van der Waals surface area (Å²) in [4.78, 5) is 38.3. The Labute approximate surface area is 133 Å². The number of hydrogen-bond acceptors (Lipinski definition) is 6. The molecule has 0 aliphatic carbocycles. The smallest absolute Gasteiger partial charge is 0.326 e. The van der Waals surface area contributed by atoms with Crippen LogP contribution in [0.2, 0.25) is 0 Å². The van der Waals surface area contributed by atoms with Crippen molar-refractivity contribution in [2.75, 3.05) is 6.54 Å². The number of amides is 2. The average molecular weight is 326 g/mol. The van der Waals surface area contributed by atoms with Crippen LogP contribution >= 0.6 is 0 Å². The van der Waals surface area contributed by atoms with Gasteiger partial charge in [0.25, 0.3) is 0 Å². The third kappa shape index (κ3) is 7.39. The first-order valence-corrected chi connectivity index (χ1v) is 7.36. The van der Waals surface area contributed by atoms with E-state index < -0.39 is 17.9 Å². The largest absolute Gasteiger partial charge is 0.480 e. The van der Waals surface area contributed by atoms with Crippen molar-refractivity contribution in [3.63, 3.8) is 0 Å². The summed E-state index contributed by atoms with van der Waals surface area (Å²) in [5.41, 5.74) is 0. The second kappa shape index (κ2) is 8.86. The maximum atomic E-state index is 11.7. The molecule has 0 saturated heterocycles. The summed E-state index contributed by atoms with van der Waals surface area (Å²) in [6.45, 7) is 5.13. The number of aromatic nitrogens is 2. The SMILES string of the molecule is Cc1noc(CCC(=O)NCC(=O)N[C@@H](CC(C)C)C(=O)O)n1. The molecule has 1 aromatic rings. The van der Waals surface area contributed by atoms with Gasteiger partial charge in [0, 0.05) is 12.8 Å². The molecule has 0 radical (unpaired) electrons. The molecule has 0 spiro atoms. The Morgan fingerprint density at radius 3 is 2.48 bits per heavy atom. The highest BCUT2D eigenvalue weighted by atomic mass is 16.5. The highest BCUT2D eigenvalue weighted by Crippen LogP contribution is 2.04. The van der Waals surface area contributed by atoms with E-state index in [9.17, 15) is 14.4 Å². The molecular weight excluding hydrogens is 304 g/mol. The number of carbonyl (C=O) groups excluding carboxylic acids is 2. The van der Waals surface area contributed by atoms with Gasteiger partial charge in [-0.1, -0.05) is 19.0 Å². The van der Waals surface area contributed by atoms with Crippen LogP contribution in [0.5, 0.6) is 0 Å². The highest BCUT2D eigenvalue weighted by Gasteiger charge is 2.21. The normalized spacial score (nSPS) is 12.0. The Kier molecular flexibility index (Phi) is 7.17. The Balaban J connectivity index is 2.31. The van der Waals surface area contributed by atoms with Crippen LogP contribution in [0, 0.1) is 12.8 Å². The zero-order chi connectivity index (χ0) is 17.4. The van der Waals surface area contributed by atoms with Crippen molar-refractivity contribution in [1.82, 2.24) is 20.8 Å². The summed E-state index contributed by atoms with van der Waals surface area (Å²) in [7, 11) is 0. The van der Waals surface area contributed by atoms with E-state index >= 15 is 0 Å². The van der Waals surface area contributed by atoms with Gasteiger partial charge in [-0.3, -0.25) is 9.59 Å². The summed E-state index contributed by atoms with van der Waals surface area (Å²) in [6, 6.07) is -0.958. The molecule has 1 rings (SSSR count). The van der Waals surface area contributed by atoms with Gasteiger partial charge in [-0.05, 0) is 19.3 Å². The van der Waals surface area contributed by atoms with E-state index in [4.69, 9.17) is 9.63 Å². The lowest BCUT2D eigenvalue weighted by Gasteiger charge is -2.16. The number of aliphatic carboxylic acids is 1. The minimum Gasteiger partial charge on any atom is -0.480 e. The maximum absolute atomic E-state index is 11.7. The van der Waals surface area contributed by atoms with Crippen LogP contribution in [0.15, 0.2) is 4.52 Å². The molecule has 0 fully saturated rings. The topological polar surface area (TPSA) is 134 Å². The Bertz CT molecular complexity index is 555. The van der Waals surface area contributed by atoms with Gasteiger partial charge in [-0.15, -0.1) is 0 Å². The first-order valence-electron chi connectivity index (χ1n) is 7.36. The first kappa shape index (κ1) is 18.6. The van der Waals surface area contributed by atoms with E-state index in [1.54, 1.807) is 6.92 Å². The second-order valence-electron chi connectivity index (χ2n) is 5.60. The van der Waals surface area contributed by atoms with Crippen LogP contribution in [0.4, 0.5) is 0 Å². The van der Waals surface area contributed by atoms with Crippen LogP contribution in [0.3, 0.4) is 0 Å². The van der Waals surface area contributed by atoms with E-state index in [1.807, 2.05) is 13.8 Å². The number of aryl methyl sites for hydroxylation is 2. The predicted octanol–water partition coefficient (Wildman–Crippen LogP) is 0.0423. The zero-order valence-electron chi connectivity index (χ0n) is 13.5. The lowest BCUT2D eigenvalue weighted by atomic mass is 10.0. The molecular formula is C14H22N4O5. The molecule has 0 aliphatic heterocycles. The van der Waals surface area contributed by atoms with Gasteiger partial charge in [0.2, 0.25) is 17.7 Å². The number of carboxylic acid groups (broad SMARTS) is 1. The van der Waals surface area contributed by atoms with Crippen molar-refractivity contribution in [3.8, 4) is 0 Å². The molecule has 9 heteroatoms. The van der Waals surface area contributed by atoms with Crippen molar-refractivity contribution < 1.29 is 24.0 Å². The molecule has 2 amide bonds. The lowest BCUT2D eigenvalue weighted by Crippen LogP contribution is -2.46. The van der Waals surface area contributed by atoms with Crippen LogP contribution in [0.25, 0.3) is 0 Å². The van der Waals surface area contributed by atoms with E-state index in [0.717, 1.165) is 0 Å². The molecule has 1 heterocycles. The fourth-order valence-electron chi connectivity index (χ4n) is 1.87. The van der Waals surface area contributed by atoms with Crippen molar-refractivity contribution in [2.45, 2.75) is 46.1 Å². The summed E-state index contributed by atoms with van der Waals surface area (Å²) in [6.07, 6.45) is 0.703. The molecule has 0 bridgehead atoms. The number of rotatable bonds is 9. The quantitative estimate of drug-likeness (QED) is 0.583. The van der Waals surface area contributed by atoms with Gasteiger partial charge in [-0.25, -0.2) is 4.79 Å². The Hall–Kier alpha value is -2.45. The molecule has 0 unspecified atom stereocenters. The van der Waals surface area contributed by atoms with Crippen molar-refractivity contribution in [1.29, 1.82) is 0 Å². The third-order valence-electron chi connectivity index (χ3n) is 2.92. The zero-order valence-corrected chi connectivity index (χ0v) is 13.5. The summed E-state index contributed by atoms with van der Waals surface area (Å²) >= 11 is 0. The van der Waals surface area contributed by atoms with Gasteiger partial charge in [0.1, 0.15) is 6.04 Å². The number of carboxylic acids is 1. The molecule has 1 aromatic heterocycles. The third-order valence-corrected chi connectivity index (χ3v) is 2.92. The fourth-order valence-corrected chi connectivity index (χ4v) is 1.87. The van der Waals surface area contributed by atoms with Crippen molar-refractivity contribution in [2.24, 2.45) is 5.92 Å². The van der Waals surface area contributed by atoms with E-state index in [0.29, 0.717) is 18.1 Å². The van der Waals surface area contributed by atoms with Crippen LogP contribution in [-0.4, -0.2) is 45.6 Å². The predicted molar refractivity (Wildman–Crippen MR) is 79.4 cm³/mol. The molecule has 23 heavy (non-hydrogen) atoms. The van der Waals surface area contributed by atoms with Gasteiger partial charge in [0.15, 0.2) is 5.82 Å². The fraction of sp³-hybridized carbons (Fsp3) is 0.643. The maximum Gasteiger partial charge on any atom is 0.326 e. The van der Waals surface area contributed by atoms with Gasteiger partial charge in [0.05, 0.1) is 6.54 Å².